The van der Waals surface area contributed by atoms with Gasteiger partial charge in [-0.15, -0.1) is 0 Å². The summed E-state index contributed by atoms with van der Waals surface area (Å²) >= 11 is 0. The van der Waals surface area contributed by atoms with Crippen molar-refractivity contribution in [3.63, 3.8) is 0 Å². The molecule has 1 aliphatic heterocycles. The number of likely N-dealkylation sites (N-methyl/N-ethyl adjacent to an activating group) is 1. The van der Waals surface area contributed by atoms with Crippen LogP contribution in [0.4, 0.5) is 11.4 Å². The normalized spacial score (nSPS) is 21.9. The van der Waals surface area contributed by atoms with Crippen molar-refractivity contribution in [2.45, 2.75) is 19.4 Å². The number of nitrogens with two attached hydrogens (primary N) is 1. The van der Waals surface area contributed by atoms with Gasteiger partial charge in [0, 0.05) is 24.0 Å². The summed E-state index contributed by atoms with van der Waals surface area (Å²) in [7, 11) is 2.16. The second-order valence-electron chi connectivity index (χ2n) is 4.47. The SMILES string of the molecule is Cc1cc(N)ccc1NC1CCN(C)C1. The maximum atomic E-state index is 5.72. The molecule has 0 aromatic heterocycles. The van der Waals surface area contributed by atoms with E-state index < -0.39 is 0 Å². The molecule has 15 heavy (non-hydrogen) atoms. The maximum Gasteiger partial charge on any atom is 0.0400 e. The Kier molecular flexibility index (Phi) is 2.82. The van der Waals surface area contributed by atoms with Crippen molar-refractivity contribution in [3.05, 3.63) is 23.8 Å². The van der Waals surface area contributed by atoms with Crippen molar-refractivity contribution in [2.75, 3.05) is 31.2 Å². The molecule has 1 unspecified atom stereocenters. The molecule has 0 saturated carbocycles. The predicted molar refractivity (Wildman–Crippen MR) is 65.1 cm³/mol. The monoisotopic (exact) mass is 205 g/mol. The van der Waals surface area contributed by atoms with Crippen LogP contribution >= 0.6 is 0 Å². The number of aryl methyl sites for hydroxylation is 1. The number of nitrogens with zero attached hydrogens (tertiary/aromatic N) is 1. The Bertz CT molecular complexity index is 349. The summed E-state index contributed by atoms with van der Waals surface area (Å²) in [5, 5.41) is 3.57. The van der Waals surface area contributed by atoms with Crippen molar-refractivity contribution >= 4 is 11.4 Å². The smallest absolute Gasteiger partial charge is 0.0400 e. The molecule has 3 heteroatoms. The van der Waals surface area contributed by atoms with Gasteiger partial charge in [-0.05, 0) is 50.7 Å². The van der Waals surface area contributed by atoms with E-state index in [0.29, 0.717) is 6.04 Å². The molecule has 1 atom stereocenters. The number of anilines is 2. The zero-order chi connectivity index (χ0) is 10.8. The van der Waals surface area contributed by atoms with Crippen LogP contribution < -0.4 is 11.1 Å². The Morgan fingerprint density at radius 2 is 2.27 bits per heavy atom. The van der Waals surface area contributed by atoms with E-state index in [9.17, 15) is 0 Å². The summed E-state index contributed by atoms with van der Waals surface area (Å²) in [4.78, 5) is 2.35. The predicted octanol–water partition coefficient (Wildman–Crippen LogP) is 1.69. The van der Waals surface area contributed by atoms with Crippen molar-refractivity contribution in [3.8, 4) is 0 Å². The summed E-state index contributed by atoms with van der Waals surface area (Å²) < 4.78 is 0. The highest BCUT2D eigenvalue weighted by molar-refractivity contribution is 5.58. The summed E-state index contributed by atoms with van der Waals surface area (Å²) in [5.41, 5.74) is 9.00. The summed E-state index contributed by atoms with van der Waals surface area (Å²) in [5.74, 6) is 0. The molecule has 2 rings (SSSR count). The van der Waals surface area contributed by atoms with E-state index in [0.717, 1.165) is 12.2 Å². The molecular weight excluding hydrogens is 186 g/mol. The van der Waals surface area contributed by atoms with Crippen LogP contribution in [0.2, 0.25) is 0 Å². The average Bonchev–Trinajstić information content (AvgIpc) is 2.56. The molecule has 1 aliphatic rings. The molecule has 1 saturated heterocycles. The van der Waals surface area contributed by atoms with E-state index in [2.05, 4.69) is 30.3 Å². The van der Waals surface area contributed by atoms with Gasteiger partial charge in [-0.25, -0.2) is 0 Å². The second kappa shape index (κ2) is 4.11. The van der Waals surface area contributed by atoms with Gasteiger partial charge >= 0.3 is 0 Å². The van der Waals surface area contributed by atoms with E-state index in [1.54, 1.807) is 0 Å². The molecular formula is C12H19N3. The first-order valence-electron chi connectivity index (χ1n) is 5.46. The van der Waals surface area contributed by atoms with Gasteiger partial charge < -0.3 is 16.0 Å². The molecule has 0 spiro atoms. The lowest BCUT2D eigenvalue weighted by atomic mass is 10.1. The van der Waals surface area contributed by atoms with Gasteiger partial charge in [0.2, 0.25) is 0 Å². The fourth-order valence-electron chi connectivity index (χ4n) is 2.12. The van der Waals surface area contributed by atoms with Crippen LogP contribution in [0.3, 0.4) is 0 Å². The highest BCUT2D eigenvalue weighted by atomic mass is 15.2. The fourth-order valence-corrected chi connectivity index (χ4v) is 2.12. The minimum atomic E-state index is 0.581. The van der Waals surface area contributed by atoms with Crippen LogP contribution in [0.25, 0.3) is 0 Å². The van der Waals surface area contributed by atoms with E-state index in [1.807, 2.05) is 12.1 Å². The Morgan fingerprint density at radius 3 is 2.87 bits per heavy atom. The number of likely N-dealkylation sites (tertiary alicyclic amines) is 1. The first-order valence-corrected chi connectivity index (χ1v) is 5.46. The Hall–Kier alpha value is -1.22. The molecule has 1 aromatic carbocycles. The fraction of sp³-hybridized carbons (Fsp3) is 0.500. The number of nitrogen functional groups attached to an aromatic ring is 1. The summed E-state index contributed by atoms with van der Waals surface area (Å²) in [6.07, 6.45) is 1.22. The van der Waals surface area contributed by atoms with Crippen LogP contribution in [-0.2, 0) is 0 Å². The first kappa shape index (κ1) is 10.3. The van der Waals surface area contributed by atoms with Crippen LogP contribution in [0, 0.1) is 6.92 Å². The number of nitrogens with one attached hydrogen (secondary N) is 1. The van der Waals surface area contributed by atoms with Crippen molar-refractivity contribution in [1.29, 1.82) is 0 Å². The van der Waals surface area contributed by atoms with Gasteiger partial charge in [-0.2, -0.15) is 0 Å². The molecule has 3 nitrogen and oxygen atoms in total. The Labute approximate surface area is 91.3 Å². The van der Waals surface area contributed by atoms with Gasteiger partial charge in [0.1, 0.15) is 0 Å². The number of rotatable bonds is 2. The molecule has 1 heterocycles. The topological polar surface area (TPSA) is 41.3 Å². The maximum absolute atomic E-state index is 5.72. The third-order valence-corrected chi connectivity index (χ3v) is 3.00. The first-order chi connectivity index (χ1) is 7.15. The van der Waals surface area contributed by atoms with Gasteiger partial charge in [0.15, 0.2) is 0 Å². The van der Waals surface area contributed by atoms with Gasteiger partial charge in [-0.3, -0.25) is 0 Å². The van der Waals surface area contributed by atoms with E-state index in [-0.39, 0.29) is 0 Å². The molecule has 1 aromatic rings. The van der Waals surface area contributed by atoms with Gasteiger partial charge in [0.05, 0.1) is 0 Å². The summed E-state index contributed by atoms with van der Waals surface area (Å²) in [6.45, 7) is 4.41. The number of hydrogen-bond acceptors (Lipinski definition) is 3. The van der Waals surface area contributed by atoms with Crippen molar-refractivity contribution < 1.29 is 0 Å². The lowest BCUT2D eigenvalue weighted by Gasteiger charge is -2.16. The molecule has 0 amide bonds. The summed E-state index contributed by atoms with van der Waals surface area (Å²) in [6, 6.07) is 6.62. The van der Waals surface area contributed by atoms with Crippen molar-refractivity contribution in [1.82, 2.24) is 4.90 Å². The van der Waals surface area contributed by atoms with Crippen LogP contribution in [0.15, 0.2) is 18.2 Å². The highest BCUT2D eigenvalue weighted by Crippen LogP contribution is 2.20. The minimum absolute atomic E-state index is 0.581. The molecule has 0 radical (unpaired) electrons. The van der Waals surface area contributed by atoms with Gasteiger partial charge in [0.25, 0.3) is 0 Å². The van der Waals surface area contributed by atoms with Crippen LogP contribution in [-0.4, -0.2) is 31.1 Å². The third-order valence-electron chi connectivity index (χ3n) is 3.00. The molecule has 82 valence electrons. The Morgan fingerprint density at radius 1 is 1.47 bits per heavy atom. The van der Waals surface area contributed by atoms with Crippen LogP contribution in [0.5, 0.6) is 0 Å². The van der Waals surface area contributed by atoms with Crippen molar-refractivity contribution in [2.24, 2.45) is 0 Å². The number of benzene rings is 1. The number of hydrogen-bond donors (Lipinski definition) is 2. The van der Waals surface area contributed by atoms with E-state index in [1.165, 1.54) is 24.2 Å². The molecule has 0 aliphatic carbocycles. The quantitative estimate of drug-likeness (QED) is 0.722. The standard InChI is InChI=1S/C12H19N3/c1-9-7-10(13)3-4-12(9)14-11-5-6-15(2)8-11/h3-4,7,11,14H,5-6,8,13H2,1-2H3. The van der Waals surface area contributed by atoms with E-state index in [4.69, 9.17) is 5.73 Å². The lowest BCUT2D eigenvalue weighted by molar-refractivity contribution is 0.414. The third kappa shape index (κ3) is 2.42. The lowest BCUT2D eigenvalue weighted by Crippen LogP contribution is -2.23. The molecule has 3 N–H and O–H groups in total. The zero-order valence-electron chi connectivity index (χ0n) is 9.46. The minimum Gasteiger partial charge on any atom is -0.399 e. The van der Waals surface area contributed by atoms with Crippen LogP contribution in [0.1, 0.15) is 12.0 Å². The Balaban J connectivity index is 2.04. The molecule has 1 fully saturated rings. The largest absolute Gasteiger partial charge is 0.399 e. The molecule has 0 bridgehead atoms. The highest BCUT2D eigenvalue weighted by Gasteiger charge is 2.19. The van der Waals surface area contributed by atoms with E-state index >= 15 is 0 Å². The van der Waals surface area contributed by atoms with Gasteiger partial charge in [-0.1, -0.05) is 0 Å². The average molecular weight is 205 g/mol. The zero-order valence-corrected chi connectivity index (χ0v) is 9.46. The second-order valence-corrected chi connectivity index (χ2v) is 4.47.